The Kier molecular flexibility index (Phi) is 10.1. The zero-order chi connectivity index (χ0) is 18.9. The molecule has 0 radical (unpaired) electrons. The summed E-state index contributed by atoms with van der Waals surface area (Å²) in [6, 6.07) is 0.830. The Morgan fingerprint density at radius 1 is 0.923 bits per heavy atom. The Labute approximate surface area is 166 Å². The summed E-state index contributed by atoms with van der Waals surface area (Å²) in [5, 5.41) is 0.322. The Balaban J connectivity index is 1.76. The van der Waals surface area contributed by atoms with E-state index in [1.165, 1.54) is 0 Å². The van der Waals surface area contributed by atoms with Gasteiger partial charge < -0.3 is 26.6 Å². The molecule has 0 aromatic heterocycles. The zero-order valence-electron chi connectivity index (χ0n) is 16.5. The van der Waals surface area contributed by atoms with Crippen molar-refractivity contribution in [1.29, 1.82) is 0 Å². The molecule has 0 aromatic carbocycles. The lowest BCUT2D eigenvalue weighted by atomic mass is 10.4. The molecule has 0 amide bonds. The van der Waals surface area contributed by atoms with Crippen molar-refractivity contribution in [3.05, 3.63) is 0 Å². The van der Waals surface area contributed by atoms with Crippen LogP contribution in [0.4, 0.5) is 0 Å². The van der Waals surface area contributed by atoms with Gasteiger partial charge in [0.15, 0.2) is 0 Å². The van der Waals surface area contributed by atoms with E-state index in [0.29, 0.717) is 24.0 Å². The Hall–Kier alpha value is 0.544. The molecule has 0 aliphatic carbocycles. The molecule has 0 saturated carbocycles. The van der Waals surface area contributed by atoms with Gasteiger partial charge in [0, 0.05) is 51.2 Å². The molecule has 2 heterocycles. The van der Waals surface area contributed by atoms with Crippen LogP contribution in [0.25, 0.3) is 0 Å². The lowest BCUT2D eigenvalue weighted by molar-refractivity contribution is 0.00290. The van der Waals surface area contributed by atoms with Crippen LogP contribution in [0.5, 0.6) is 0 Å². The molecule has 2 aliphatic heterocycles. The highest BCUT2D eigenvalue weighted by Gasteiger charge is 2.48. The van der Waals surface area contributed by atoms with Crippen molar-refractivity contribution in [2.45, 2.75) is 69.7 Å². The van der Waals surface area contributed by atoms with Crippen molar-refractivity contribution in [3.8, 4) is 0 Å². The first-order valence-corrected chi connectivity index (χ1v) is 14.3. The summed E-state index contributed by atoms with van der Waals surface area (Å²) < 4.78 is 36.3. The first-order valence-electron chi connectivity index (χ1n) is 10.0. The summed E-state index contributed by atoms with van der Waals surface area (Å²) >= 11 is 4.47. The molecule has 9 heteroatoms. The molecule has 2 saturated heterocycles. The van der Waals surface area contributed by atoms with E-state index >= 15 is 0 Å². The zero-order valence-corrected chi connectivity index (χ0v) is 19.4. The van der Waals surface area contributed by atoms with E-state index in [0.717, 1.165) is 64.6 Å². The maximum absolute atomic E-state index is 6.18. The summed E-state index contributed by atoms with van der Waals surface area (Å²) in [5.74, 6) is 0. The minimum atomic E-state index is -2.54. The van der Waals surface area contributed by atoms with Gasteiger partial charge in [-0.05, 0) is 37.4 Å². The van der Waals surface area contributed by atoms with Gasteiger partial charge in [-0.2, -0.15) is 12.6 Å². The standard InChI is InChI=1S/C17H36O6SSi2/c1-4-17(3)26(22-13-7-14-23-26)21-12-6-11-20-25(15-8-16(2)24)18-9-5-10-19-25/h16-17,24H,4-15H2,1-3H3. The van der Waals surface area contributed by atoms with Crippen LogP contribution in [-0.2, 0) is 26.6 Å². The van der Waals surface area contributed by atoms with Gasteiger partial charge in [-0.15, -0.1) is 0 Å². The lowest BCUT2D eigenvalue weighted by Gasteiger charge is -2.37. The SMILES string of the molecule is CCC(C)[Si]1(OCCCO[Si]2(CCC(C)S)OCCCO2)OCCCO1. The summed E-state index contributed by atoms with van der Waals surface area (Å²) in [6.45, 7) is 10.5. The molecule has 2 unspecified atom stereocenters. The highest BCUT2D eigenvalue weighted by Crippen LogP contribution is 2.31. The summed E-state index contributed by atoms with van der Waals surface area (Å²) in [6.07, 6.45) is 4.62. The molecule has 2 aliphatic rings. The average molecular weight is 425 g/mol. The Morgan fingerprint density at radius 3 is 2.08 bits per heavy atom. The third-order valence-corrected chi connectivity index (χ3v) is 11.4. The van der Waals surface area contributed by atoms with Crippen LogP contribution in [0.3, 0.4) is 0 Å². The van der Waals surface area contributed by atoms with Gasteiger partial charge in [0.2, 0.25) is 0 Å². The first kappa shape index (κ1) is 22.8. The normalized spacial score (nSPS) is 24.9. The van der Waals surface area contributed by atoms with Crippen LogP contribution >= 0.6 is 12.6 Å². The minimum Gasteiger partial charge on any atom is -0.373 e. The quantitative estimate of drug-likeness (QED) is 0.310. The minimum absolute atomic E-state index is 0.322. The molecule has 26 heavy (non-hydrogen) atoms. The van der Waals surface area contributed by atoms with Crippen molar-refractivity contribution >= 4 is 30.2 Å². The fourth-order valence-electron chi connectivity index (χ4n) is 3.03. The fraction of sp³-hybridized carbons (Fsp3) is 1.00. The third kappa shape index (κ3) is 6.86. The molecule has 154 valence electrons. The van der Waals surface area contributed by atoms with Crippen molar-refractivity contribution in [1.82, 2.24) is 0 Å². The Bertz CT molecular complexity index is 389. The lowest BCUT2D eigenvalue weighted by Crippen LogP contribution is -2.52. The van der Waals surface area contributed by atoms with Crippen LogP contribution in [-0.4, -0.2) is 62.5 Å². The van der Waals surface area contributed by atoms with Crippen molar-refractivity contribution in [3.63, 3.8) is 0 Å². The van der Waals surface area contributed by atoms with Gasteiger partial charge in [0.1, 0.15) is 0 Å². The van der Waals surface area contributed by atoms with Crippen LogP contribution in [0.2, 0.25) is 11.6 Å². The highest BCUT2D eigenvalue weighted by molar-refractivity contribution is 7.80. The van der Waals surface area contributed by atoms with E-state index in [1.807, 2.05) is 0 Å². The molecule has 2 fully saturated rings. The van der Waals surface area contributed by atoms with Gasteiger partial charge in [0.05, 0.1) is 0 Å². The maximum atomic E-state index is 6.18. The second-order valence-corrected chi connectivity index (χ2v) is 13.8. The fourth-order valence-corrected chi connectivity index (χ4v) is 9.13. The van der Waals surface area contributed by atoms with Crippen LogP contribution in [0, 0.1) is 0 Å². The summed E-state index contributed by atoms with van der Waals surface area (Å²) in [5.41, 5.74) is 0.325. The molecule has 0 N–H and O–H groups in total. The van der Waals surface area contributed by atoms with Crippen LogP contribution in [0.1, 0.15) is 52.9 Å². The number of thiol groups is 1. The molecule has 6 nitrogen and oxygen atoms in total. The molecular weight excluding hydrogens is 388 g/mol. The average Bonchev–Trinajstić information content (AvgIpc) is 2.67. The maximum Gasteiger partial charge on any atom is 0.503 e. The smallest absolute Gasteiger partial charge is 0.373 e. The van der Waals surface area contributed by atoms with Crippen molar-refractivity contribution in [2.24, 2.45) is 0 Å². The van der Waals surface area contributed by atoms with E-state index in [2.05, 4.69) is 33.4 Å². The van der Waals surface area contributed by atoms with Gasteiger partial charge in [-0.25, -0.2) is 0 Å². The van der Waals surface area contributed by atoms with Crippen molar-refractivity contribution < 1.29 is 26.6 Å². The molecule has 0 bridgehead atoms. The highest BCUT2D eigenvalue weighted by atomic mass is 32.1. The van der Waals surface area contributed by atoms with Gasteiger partial charge in [-0.3, -0.25) is 0 Å². The van der Waals surface area contributed by atoms with E-state index in [4.69, 9.17) is 26.6 Å². The van der Waals surface area contributed by atoms with Gasteiger partial charge in [-0.1, -0.05) is 20.8 Å². The van der Waals surface area contributed by atoms with E-state index in [1.54, 1.807) is 0 Å². The van der Waals surface area contributed by atoms with Crippen LogP contribution in [0.15, 0.2) is 0 Å². The van der Waals surface area contributed by atoms with Gasteiger partial charge >= 0.3 is 17.6 Å². The predicted molar refractivity (Wildman–Crippen MR) is 109 cm³/mol. The number of hydrogen-bond donors (Lipinski definition) is 1. The number of hydrogen-bond acceptors (Lipinski definition) is 7. The van der Waals surface area contributed by atoms with E-state index in [9.17, 15) is 0 Å². The topological polar surface area (TPSA) is 55.4 Å². The predicted octanol–water partition coefficient (Wildman–Crippen LogP) is 3.67. The van der Waals surface area contributed by atoms with E-state index < -0.39 is 17.6 Å². The molecule has 2 atom stereocenters. The molecule has 0 spiro atoms. The molecule has 0 aromatic rings. The van der Waals surface area contributed by atoms with Crippen LogP contribution < -0.4 is 0 Å². The van der Waals surface area contributed by atoms with Crippen molar-refractivity contribution in [2.75, 3.05) is 39.6 Å². The number of rotatable bonds is 11. The summed E-state index contributed by atoms with van der Waals surface area (Å²) in [4.78, 5) is 0. The molecule has 2 rings (SSSR count). The monoisotopic (exact) mass is 424 g/mol. The second kappa shape index (κ2) is 11.5. The second-order valence-electron chi connectivity index (χ2n) is 7.13. The molecular formula is C17H36O6SSi2. The van der Waals surface area contributed by atoms with Gasteiger partial charge in [0.25, 0.3) is 0 Å². The Morgan fingerprint density at radius 2 is 1.50 bits per heavy atom. The van der Waals surface area contributed by atoms with E-state index in [-0.39, 0.29) is 0 Å². The summed E-state index contributed by atoms with van der Waals surface area (Å²) in [7, 11) is -5.08. The third-order valence-electron chi connectivity index (χ3n) is 4.83. The first-order chi connectivity index (χ1) is 12.5. The largest absolute Gasteiger partial charge is 0.503 e.